The number of nitrogens with zero attached hydrogens (tertiary/aromatic N) is 2. The lowest BCUT2D eigenvalue weighted by atomic mass is 9.98. The van der Waals surface area contributed by atoms with Crippen LogP contribution in [-0.4, -0.2) is 28.2 Å². The van der Waals surface area contributed by atoms with Gasteiger partial charge in [0.2, 0.25) is 5.91 Å². The van der Waals surface area contributed by atoms with Crippen LogP contribution in [0.1, 0.15) is 34.3 Å². The molecule has 2 aromatic rings. The van der Waals surface area contributed by atoms with Crippen LogP contribution in [0.5, 0.6) is 0 Å². The fourth-order valence-electron chi connectivity index (χ4n) is 3.38. The van der Waals surface area contributed by atoms with E-state index in [9.17, 15) is 19.7 Å². The Morgan fingerprint density at radius 2 is 1.93 bits per heavy atom. The molecule has 27 heavy (non-hydrogen) atoms. The highest BCUT2D eigenvalue weighted by Gasteiger charge is 2.34. The SMILES string of the molecule is O=C(Nc1ccc2c(c1)CN(C(=O)C1CC1)CC2)c1cccc([N+](=O)[O-])c1. The van der Waals surface area contributed by atoms with Crippen LogP contribution >= 0.6 is 0 Å². The van der Waals surface area contributed by atoms with E-state index in [4.69, 9.17) is 0 Å². The second-order valence-electron chi connectivity index (χ2n) is 7.03. The molecule has 2 amide bonds. The molecule has 7 nitrogen and oxygen atoms in total. The van der Waals surface area contributed by atoms with Crippen LogP contribution in [0.15, 0.2) is 42.5 Å². The summed E-state index contributed by atoms with van der Waals surface area (Å²) in [5.74, 6) is 0.0235. The first-order chi connectivity index (χ1) is 13.0. The third-order valence-corrected chi connectivity index (χ3v) is 5.03. The average molecular weight is 365 g/mol. The highest BCUT2D eigenvalue weighted by molar-refractivity contribution is 6.04. The predicted octanol–water partition coefficient (Wildman–Crippen LogP) is 3.14. The number of hydrogen-bond donors (Lipinski definition) is 1. The zero-order valence-electron chi connectivity index (χ0n) is 14.7. The van der Waals surface area contributed by atoms with Gasteiger partial charge < -0.3 is 10.2 Å². The first kappa shape index (κ1) is 17.2. The monoisotopic (exact) mass is 365 g/mol. The number of non-ortho nitro benzene ring substituents is 1. The Hall–Kier alpha value is -3.22. The second-order valence-corrected chi connectivity index (χ2v) is 7.03. The molecule has 0 bridgehead atoms. The van der Waals surface area contributed by atoms with E-state index in [1.807, 2.05) is 23.1 Å². The number of benzene rings is 2. The van der Waals surface area contributed by atoms with E-state index < -0.39 is 10.8 Å². The average Bonchev–Trinajstić information content (AvgIpc) is 3.52. The highest BCUT2D eigenvalue weighted by Crippen LogP contribution is 2.33. The Bertz CT molecular complexity index is 937. The van der Waals surface area contributed by atoms with Crippen molar-refractivity contribution in [2.45, 2.75) is 25.8 Å². The zero-order valence-corrected chi connectivity index (χ0v) is 14.7. The van der Waals surface area contributed by atoms with Crippen LogP contribution in [-0.2, 0) is 17.8 Å². The van der Waals surface area contributed by atoms with Gasteiger partial charge in [-0.2, -0.15) is 0 Å². The molecule has 1 heterocycles. The fraction of sp³-hybridized carbons (Fsp3) is 0.300. The number of hydrogen-bond acceptors (Lipinski definition) is 4. The number of fused-ring (bicyclic) bond motifs is 1. The molecule has 2 aliphatic rings. The van der Waals surface area contributed by atoms with Crippen LogP contribution < -0.4 is 5.32 Å². The van der Waals surface area contributed by atoms with Gasteiger partial charge in [0.1, 0.15) is 0 Å². The molecule has 1 saturated carbocycles. The number of anilines is 1. The van der Waals surface area contributed by atoms with Gasteiger partial charge in [0.15, 0.2) is 0 Å². The molecule has 4 rings (SSSR count). The Balaban J connectivity index is 1.49. The number of carbonyl (C=O) groups excluding carboxylic acids is 2. The van der Waals surface area contributed by atoms with Gasteiger partial charge in [0.05, 0.1) is 4.92 Å². The summed E-state index contributed by atoms with van der Waals surface area (Å²) in [5, 5.41) is 13.7. The van der Waals surface area contributed by atoms with Gasteiger partial charge in [-0.3, -0.25) is 19.7 Å². The molecule has 0 radical (unpaired) electrons. The van der Waals surface area contributed by atoms with E-state index in [-0.39, 0.29) is 23.1 Å². The zero-order chi connectivity index (χ0) is 19.0. The molecule has 2 aromatic carbocycles. The van der Waals surface area contributed by atoms with Crippen LogP contribution in [0.25, 0.3) is 0 Å². The number of amides is 2. The number of carbonyl (C=O) groups is 2. The molecule has 1 aliphatic heterocycles. The van der Waals surface area contributed by atoms with Gasteiger partial charge in [0.25, 0.3) is 11.6 Å². The van der Waals surface area contributed by atoms with Crippen molar-refractivity contribution in [2.24, 2.45) is 5.92 Å². The molecule has 138 valence electrons. The van der Waals surface area contributed by atoms with E-state index in [1.165, 1.54) is 29.8 Å². The van der Waals surface area contributed by atoms with Gasteiger partial charge in [-0.25, -0.2) is 0 Å². The van der Waals surface area contributed by atoms with Crippen molar-refractivity contribution in [3.8, 4) is 0 Å². The molecule has 1 aliphatic carbocycles. The Kier molecular flexibility index (Phi) is 4.35. The van der Waals surface area contributed by atoms with E-state index in [2.05, 4.69) is 5.32 Å². The topological polar surface area (TPSA) is 92.6 Å². The summed E-state index contributed by atoms with van der Waals surface area (Å²) in [7, 11) is 0. The van der Waals surface area contributed by atoms with Crippen LogP contribution in [0.4, 0.5) is 11.4 Å². The van der Waals surface area contributed by atoms with Crippen molar-refractivity contribution < 1.29 is 14.5 Å². The molecule has 1 N–H and O–H groups in total. The Morgan fingerprint density at radius 1 is 1.11 bits per heavy atom. The van der Waals surface area contributed by atoms with Crippen LogP contribution in [0.2, 0.25) is 0 Å². The van der Waals surface area contributed by atoms with Gasteiger partial charge in [-0.15, -0.1) is 0 Å². The molecule has 0 spiro atoms. The summed E-state index contributed by atoms with van der Waals surface area (Å²) < 4.78 is 0. The third kappa shape index (κ3) is 3.67. The smallest absolute Gasteiger partial charge is 0.270 e. The van der Waals surface area contributed by atoms with Crippen molar-refractivity contribution in [1.82, 2.24) is 4.90 Å². The third-order valence-electron chi connectivity index (χ3n) is 5.03. The summed E-state index contributed by atoms with van der Waals surface area (Å²) >= 11 is 0. The fourth-order valence-corrected chi connectivity index (χ4v) is 3.38. The highest BCUT2D eigenvalue weighted by atomic mass is 16.6. The molecule has 0 aromatic heterocycles. The van der Waals surface area contributed by atoms with Crippen molar-refractivity contribution in [3.05, 3.63) is 69.3 Å². The van der Waals surface area contributed by atoms with Crippen LogP contribution in [0, 0.1) is 16.0 Å². The molecule has 0 saturated heterocycles. The van der Waals surface area contributed by atoms with Gasteiger partial charge in [-0.1, -0.05) is 12.1 Å². The van der Waals surface area contributed by atoms with Gasteiger partial charge >= 0.3 is 0 Å². The van der Waals surface area contributed by atoms with Gasteiger partial charge in [0, 0.05) is 42.4 Å². The summed E-state index contributed by atoms with van der Waals surface area (Å²) in [6.07, 6.45) is 2.79. The van der Waals surface area contributed by atoms with E-state index in [1.54, 1.807) is 0 Å². The number of nitro benzene ring substituents is 1. The maximum absolute atomic E-state index is 12.4. The quantitative estimate of drug-likeness (QED) is 0.665. The second kappa shape index (κ2) is 6.83. The number of rotatable bonds is 4. The summed E-state index contributed by atoms with van der Waals surface area (Å²) in [5.41, 5.74) is 2.94. The lowest BCUT2D eigenvalue weighted by Gasteiger charge is -2.29. The minimum atomic E-state index is -0.527. The first-order valence-corrected chi connectivity index (χ1v) is 8.97. The first-order valence-electron chi connectivity index (χ1n) is 8.97. The number of nitro groups is 1. The largest absolute Gasteiger partial charge is 0.338 e. The summed E-state index contributed by atoms with van der Waals surface area (Å²) in [6.45, 7) is 1.30. The minimum absolute atomic E-state index is 0.123. The molecule has 1 fully saturated rings. The summed E-state index contributed by atoms with van der Waals surface area (Å²) in [4.78, 5) is 37.0. The Labute approximate surface area is 156 Å². The lowest BCUT2D eigenvalue weighted by molar-refractivity contribution is -0.384. The molecule has 7 heteroatoms. The normalized spacial score (nSPS) is 15.8. The number of nitrogens with one attached hydrogen (secondary N) is 1. The predicted molar refractivity (Wildman–Crippen MR) is 99.3 cm³/mol. The van der Waals surface area contributed by atoms with E-state index >= 15 is 0 Å². The molecule has 0 atom stereocenters. The van der Waals surface area contributed by atoms with Crippen molar-refractivity contribution in [1.29, 1.82) is 0 Å². The molecule has 0 unspecified atom stereocenters. The van der Waals surface area contributed by atoms with E-state index in [0.29, 0.717) is 12.2 Å². The van der Waals surface area contributed by atoms with Crippen molar-refractivity contribution in [3.63, 3.8) is 0 Å². The van der Waals surface area contributed by atoms with Crippen LogP contribution in [0.3, 0.4) is 0 Å². The van der Waals surface area contributed by atoms with Crippen molar-refractivity contribution >= 4 is 23.2 Å². The van der Waals surface area contributed by atoms with E-state index in [0.717, 1.165) is 31.4 Å². The van der Waals surface area contributed by atoms with Gasteiger partial charge in [-0.05, 0) is 48.6 Å². The maximum atomic E-state index is 12.4. The lowest BCUT2D eigenvalue weighted by Crippen LogP contribution is -2.36. The standard InChI is InChI=1S/C20H19N3O4/c24-19(15-2-1-3-18(11-15)23(26)27)21-17-7-6-13-8-9-22(12-16(13)10-17)20(25)14-4-5-14/h1-3,6-7,10-11,14H,4-5,8-9,12H2,(H,21,24). The molecular weight excluding hydrogens is 346 g/mol. The minimum Gasteiger partial charge on any atom is -0.338 e. The maximum Gasteiger partial charge on any atom is 0.270 e. The Morgan fingerprint density at radius 3 is 2.67 bits per heavy atom. The molecular formula is C20H19N3O4. The summed E-state index contributed by atoms with van der Waals surface area (Å²) in [6, 6.07) is 11.3. The van der Waals surface area contributed by atoms with Crippen molar-refractivity contribution in [2.75, 3.05) is 11.9 Å².